The summed E-state index contributed by atoms with van der Waals surface area (Å²) in [4.78, 5) is 7.57. The van der Waals surface area contributed by atoms with E-state index in [1.165, 1.54) is 6.33 Å². The maximum atomic E-state index is 9.55. The maximum absolute atomic E-state index is 9.55. The quantitative estimate of drug-likeness (QED) is 0.777. The lowest BCUT2D eigenvalue weighted by atomic mass is 10.0. The van der Waals surface area contributed by atoms with Crippen LogP contribution in [-0.4, -0.2) is 20.7 Å². The van der Waals surface area contributed by atoms with E-state index in [9.17, 15) is 5.11 Å². The molecule has 0 aliphatic rings. The van der Waals surface area contributed by atoms with Gasteiger partial charge in [-0.05, 0) is 13.8 Å². The van der Waals surface area contributed by atoms with Crippen LogP contribution in [0.25, 0.3) is 0 Å². The Balaban J connectivity index is 3.00. The molecule has 0 unspecified atom stereocenters. The molecule has 0 radical (unpaired) electrons. The van der Waals surface area contributed by atoms with Gasteiger partial charge in [-0.25, -0.2) is 9.97 Å². The Bertz CT molecular complexity index is 289. The van der Waals surface area contributed by atoms with Crippen molar-refractivity contribution >= 4 is 23.2 Å². The zero-order valence-corrected chi connectivity index (χ0v) is 8.89. The highest BCUT2D eigenvalue weighted by Gasteiger charge is 2.18. The van der Waals surface area contributed by atoms with E-state index in [4.69, 9.17) is 23.2 Å². The van der Waals surface area contributed by atoms with Crippen LogP contribution in [0, 0.1) is 0 Å². The number of hydrogen-bond donors (Lipinski definition) is 1. The Hall–Kier alpha value is -0.380. The van der Waals surface area contributed by atoms with Crippen LogP contribution >= 0.6 is 23.2 Å². The van der Waals surface area contributed by atoms with Crippen LogP contribution in [0.5, 0.6) is 0 Å². The van der Waals surface area contributed by atoms with Crippen molar-refractivity contribution in [3.05, 3.63) is 22.2 Å². The molecular formula is C8H10Cl2N2O. The number of rotatable bonds is 2. The molecule has 0 fully saturated rings. The predicted octanol–water partition coefficient (Wildman–Crippen LogP) is 2.10. The van der Waals surface area contributed by atoms with Crippen molar-refractivity contribution in [3.8, 4) is 0 Å². The third-order valence-corrected chi connectivity index (χ3v) is 2.10. The van der Waals surface area contributed by atoms with Gasteiger partial charge in [-0.1, -0.05) is 23.2 Å². The monoisotopic (exact) mass is 220 g/mol. The number of nitrogens with zero attached hydrogens (tertiary/aromatic N) is 2. The summed E-state index contributed by atoms with van der Waals surface area (Å²) in [5, 5.41) is 10.1. The SMILES string of the molecule is CC(C)(O)Cc1c(Cl)ncnc1Cl. The molecule has 13 heavy (non-hydrogen) atoms. The number of aliphatic hydroxyl groups is 1. The second kappa shape index (κ2) is 3.78. The molecule has 5 heteroatoms. The van der Waals surface area contributed by atoms with Gasteiger partial charge in [-0.2, -0.15) is 0 Å². The lowest BCUT2D eigenvalue weighted by molar-refractivity contribution is 0.0808. The molecule has 1 aromatic heterocycles. The van der Waals surface area contributed by atoms with Gasteiger partial charge in [0.1, 0.15) is 16.6 Å². The number of hydrogen-bond acceptors (Lipinski definition) is 3. The third kappa shape index (κ3) is 3.10. The average molecular weight is 221 g/mol. The fraction of sp³-hybridized carbons (Fsp3) is 0.500. The van der Waals surface area contributed by atoms with Crippen molar-refractivity contribution < 1.29 is 5.11 Å². The van der Waals surface area contributed by atoms with Crippen LogP contribution in [0.4, 0.5) is 0 Å². The first kappa shape index (κ1) is 10.7. The first-order chi connectivity index (χ1) is 5.90. The molecule has 1 aromatic rings. The van der Waals surface area contributed by atoms with Gasteiger partial charge in [0.05, 0.1) is 5.60 Å². The largest absolute Gasteiger partial charge is 0.390 e. The summed E-state index contributed by atoms with van der Waals surface area (Å²) in [6.45, 7) is 3.35. The number of halogens is 2. The summed E-state index contributed by atoms with van der Waals surface area (Å²) in [6.07, 6.45) is 1.63. The van der Waals surface area contributed by atoms with Gasteiger partial charge in [-0.15, -0.1) is 0 Å². The average Bonchev–Trinajstić information content (AvgIpc) is 1.95. The Kier molecular flexibility index (Phi) is 3.11. The van der Waals surface area contributed by atoms with Gasteiger partial charge in [0, 0.05) is 12.0 Å². The molecular weight excluding hydrogens is 211 g/mol. The second-order valence-electron chi connectivity index (χ2n) is 3.42. The summed E-state index contributed by atoms with van der Waals surface area (Å²) in [5.74, 6) is 0. The normalized spacial score (nSPS) is 11.8. The van der Waals surface area contributed by atoms with Crippen molar-refractivity contribution in [3.63, 3.8) is 0 Å². The van der Waals surface area contributed by atoms with Gasteiger partial charge in [-0.3, -0.25) is 0 Å². The minimum Gasteiger partial charge on any atom is -0.390 e. The van der Waals surface area contributed by atoms with Gasteiger partial charge in [0.2, 0.25) is 0 Å². The minimum atomic E-state index is -0.863. The predicted molar refractivity (Wildman–Crippen MR) is 52.1 cm³/mol. The molecule has 0 aliphatic heterocycles. The molecule has 0 atom stereocenters. The topological polar surface area (TPSA) is 46.0 Å². The van der Waals surface area contributed by atoms with E-state index < -0.39 is 5.60 Å². The molecule has 0 aliphatic carbocycles. The van der Waals surface area contributed by atoms with Crippen LogP contribution in [0.3, 0.4) is 0 Å². The highest BCUT2D eigenvalue weighted by molar-refractivity contribution is 6.34. The smallest absolute Gasteiger partial charge is 0.137 e. The van der Waals surface area contributed by atoms with Crippen molar-refractivity contribution in [1.29, 1.82) is 0 Å². The Morgan fingerprint density at radius 3 is 2.15 bits per heavy atom. The van der Waals surface area contributed by atoms with E-state index in [1.807, 2.05) is 0 Å². The van der Waals surface area contributed by atoms with Crippen molar-refractivity contribution in [2.45, 2.75) is 25.9 Å². The molecule has 1 N–H and O–H groups in total. The number of aromatic nitrogens is 2. The standard InChI is InChI=1S/C8H10Cl2N2O/c1-8(2,13)3-5-6(9)11-4-12-7(5)10/h4,13H,3H2,1-2H3. The Morgan fingerprint density at radius 1 is 1.31 bits per heavy atom. The van der Waals surface area contributed by atoms with E-state index in [0.29, 0.717) is 22.3 Å². The van der Waals surface area contributed by atoms with E-state index >= 15 is 0 Å². The third-order valence-electron chi connectivity index (χ3n) is 1.45. The highest BCUT2D eigenvalue weighted by atomic mass is 35.5. The minimum absolute atomic E-state index is 0.294. The maximum Gasteiger partial charge on any atom is 0.137 e. The molecule has 1 heterocycles. The van der Waals surface area contributed by atoms with Gasteiger partial charge < -0.3 is 5.11 Å². The fourth-order valence-electron chi connectivity index (χ4n) is 0.950. The molecule has 3 nitrogen and oxygen atoms in total. The lowest BCUT2D eigenvalue weighted by Gasteiger charge is -2.17. The molecule has 1 rings (SSSR count). The van der Waals surface area contributed by atoms with Crippen LogP contribution in [0.15, 0.2) is 6.33 Å². The molecule has 0 spiro atoms. The first-order valence-electron chi connectivity index (χ1n) is 3.77. The van der Waals surface area contributed by atoms with Gasteiger partial charge in [0.25, 0.3) is 0 Å². The summed E-state index contributed by atoms with van der Waals surface area (Å²) in [6, 6.07) is 0. The van der Waals surface area contributed by atoms with E-state index in [2.05, 4.69) is 9.97 Å². The Labute approximate surface area is 86.7 Å². The molecule has 0 amide bonds. The van der Waals surface area contributed by atoms with E-state index in [0.717, 1.165) is 0 Å². The molecule has 0 saturated heterocycles. The fourth-order valence-corrected chi connectivity index (χ4v) is 1.40. The first-order valence-corrected chi connectivity index (χ1v) is 4.53. The van der Waals surface area contributed by atoms with Crippen LogP contribution in [0.1, 0.15) is 19.4 Å². The zero-order valence-electron chi connectivity index (χ0n) is 7.38. The molecule has 0 saturated carbocycles. The second-order valence-corrected chi connectivity index (χ2v) is 4.14. The molecule has 0 bridgehead atoms. The molecule has 0 aromatic carbocycles. The summed E-state index contributed by atoms with van der Waals surface area (Å²) >= 11 is 11.6. The van der Waals surface area contributed by atoms with Crippen LogP contribution in [-0.2, 0) is 6.42 Å². The van der Waals surface area contributed by atoms with Crippen molar-refractivity contribution in [1.82, 2.24) is 9.97 Å². The summed E-state index contributed by atoms with van der Waals surface area (Å²) in [5.41, 5.74) is -0.281. The lowest BCUT2D eigenvalue weighted by Crippen LogP contribution is -2.22. The molecule has 72 valence electrons. The van der Waals surface area contributed by atoms with Crippen molar-refractivity contribution in [2.24, 2.45) is 0 Å². The van der Waals surface area contributed by atoms with Gasteiger partial charge in [0.15, 0.2) is 0 Å². The van der Waals surface area contributed by atoms with E-state index in [1.54, 1.807) is 13.8 Å². The summed E-state index contributed by atoms with van der Waals surface area (Å²) < 4.78 is 0. The van der Waals surface area contributed by atoms with Crippen molar-refractivity contribution in [2.75, 3.05) is 0 Å². The van der Waals surface area contributed by atoms with Gasteiger partial charge >= 0.3 is 0 Å². The highest BCUT2D eigenvalue weighted by Crippen LogP contribution is 2.24. The summed E-state index contributed by atoms with van der Waals surface area (Å²) in [7, 11) is 0. The van der Waals surface area contributed by atoms with Crippen LogP contribution < -0.4 is 0 Å². The Morgan fingerprint density at radius 2 is 1.77 bits per heavy atom. The zero-order chi connectivity index (χ0) is 10.1. The van der Waals surface area contributed by atoms with Crippen LogP contribution in [0.2, 0.25) is 10.3 Å². The van der Waals surface area contributed by atoms with E-state index in [-0.39, 0.29) is 0 Å².